The van der Waals surface area contributed by atoms with E-state index in [4.69, 9.17) is 5.73 Å². The van der Waals surface area contributed by atoms with E-state index in [1.165, 1.54) is 0 Å². The van der Waals surface area contributed by atoms with E-state index in [0.717, 1.165) is 22.6 Å². The molecular weight excluding hydrogens is 216 g/mol. The third kappa shape index (κ3) is 1.56. The number of amides is 1. The number of rotatable bonds is 1. The Kier molecular flexibility index (Phi) is 1.95. The van der Waals surface area contributed by atoms with Gasteiger partial charge in [0.05, 0.1) is 23.5 Å². The van der Waals surface area contributed by atoms with E-state index in [0.29, 0.717) is 12.1 Å². The molecule has 0 spiro atoms. The lowest BCUT2D eigenvalue weighted by Gasteiger charge is -2.08. The fourth-order valence-electron chi connectivity index (χ4n) is 2.03. The van der Waals surface area contributed by atoms with E-state index in [9.17, 15) is 4.79 Å². The van der Waals surface area contributed by atoms with Crippen molar-refractivity contribution in [2.24, 2.45) is 0 Å². The van der Waals surface area contributed by atoms with Gasteiger partial charge in [0.25, 0.3) is 0 Å². The van der Waals surface area contributed by atoms with Crippen LogP contribution in [0.5, 0.6) is 0 Å². The number of nitrogens with zero attached hydrogens (tertiary/aromatic N) is 2. The Labute approximate surface area is 98.2 Å². The monoisotopic (exact) mass is 228 g/mol. The van der Waals surface area contributed by atoms with E-state index >= 15 is 0 Å². The van der Waals surface area contributed by atoms with Gasteiger partial charge in [-0.2, -0.15) is 5.10 Å². The zero-order valence-electron chi connectivity index (χ0n) is 9.40. The highest BCUT2D eigenvalue weighted by molar-refractivity contribution is 6.00. The fraction of sp³-hybridized carbons (Fsp3) is 0.167. The Morgan fingerprint density at radius 2 is 2.29 bits per heavy atom. The maximum atomic E-state index is 11.3. The molecule has 1 aliphatic rings. The topological polar surface area (TPSA) is 72.9 Å². The molecule has 1 aromatic carbocycles. The van der Waals surface area contributed by atoms with Crippen LogP contribution in [0.25, 0.3) is 5.69 Å². The Hall–Kier alpha value is -2.30. The highest BCUT2D eigenvalue weighted by Crippen LogP contribution is 2.30. The number of aryl methyl sites for hydroxylation is 1. The van der Waals surface area contributed by atoms with Crippen molar-refractivity contribution in [1.82, 2.24) is 9.78 Å². The first-order chi connectivity index (χ1) is 8.13. The van der Waals surface area contributed by atoms with Crippen LogP contribution in [0.3, 0.4) is 0 Å². The van der Waals surface area contributed by atoms with E-state index in [-0.39, 0.29) is 5.91 Å². The molecule has 3 N–H and O–H groups in total. The summed E-state index contributed by atoms with van der Waals surface area (Å²) in [6.45, 7) is 1.92. The Bertz CT molecular complexity index is 615. The van der Waals surface area contributed by atoms with Crippen molar-refractivity contribution in [3.05, 3.63) is 35.7 Å². The van der Waals surface area contributed by atoms with E-state index in [2.05, 4.69) is 10.4 Å². The molecule has 0 bridgehead atoms. The first-order valence-electron chi connectivity index (χ1n) is 5.38. The van der Waals surface area contributed by atoms with Crippen LogP contribution < -0.4 is 11.1 Å². The van der Waals surface area contributed by atoms with Gasteiger partial charge in [-0.25, -0.2) is 4.68 Å². The molecule has 1 aromatic heterocycles. The number of hydrogen-bond acceptors (Lipinski definition) is 3. The number of benzene rings is 1. The zero-order valence-corrected chi connectivity index (χ0v) is 9.40. The molecule has 86 valence electrons. The van der Waals surface area contributed by atoms with Gasteiger partial charge in [-0.05, 0) is 30.7 Å². The normalized spacial score (nSPS) is 13.6. The second-order valence-corrected chi connectivity index (χ2v) is 4.19. The summed E-state index contributed by atoms with van der Waals surface area (Å²) in [5, 5.41) is 7.12. The summed E-state index contributed by atoms with van der Waals surface area (Å²) in [6.07, 6.45) is 2.25. The van der Waals surface area contributed by atoms with Gasteiger partial charge >= 0.3 is 0 Å². The van der Waals surface area contributed by atoms with Gasteiger partial charge in [-0.3, -0.25) is 4.79 Å². The minimum absolute atomic E-state index is 0.00759. The van der Waals surface area contributed by atoms with E-state index in [1.807, 2.05) is 31.3 Å². The van der Waals surface area contributed by atoms with Crippen molar-refractivity contribution in [2.45, 2.75) is 13.3 Å². The number of nitrogens with one attached hydrogen (secondary N) is 1. The van der Waals surface area contributed by atoms with Crippen molar-refractivity contribution in [1.29, 1.82) is 0 Å². The molecule has 5 heteroatoms. The standard InChI is InChI=1S/C12H12N4O/c1-7-2-3-16(15-7)11-6-10-8(4-9(11)13)5-12(17)14-10/h2-4,6H,5,13H2,1H3,(H,14,17). The van der Waals surface area contributed by atoms with Crippen molar-refractivity contribution in [3.8, 4) is 5.69 Å². The summed E-state index contributed by atoms with van der Waals surface area (Å²) in [4.78, 5) is 11.3. The number of hydrogen-bond donors (Lipinski definition) is 2. The van der Waals surface area contributed by atoms with Crippen LogP contribution in [0, 0.1) is 6.92 Å². The number of anilines is 2. The molecule has 2 aromatic rings. The predicted molar refractivity (Wildman–Crippen MR) is 65.0 cm³/mol. The molecular formula is C12H12N4O. The maximum absolute atomic E-state index is 11.3. The number of aromatic nitrogens is 2. The summed E-state index contributed by atoms with van der Waals surface area (Å²) < 4.78 is 1.72. The summed E-state index contributed by atoms with van der Waals surface area (Å²) >= 11 is 0. The number of carbonyl (C=O) groups is 1. The molecule has 5 nitrogen and oxygen atoms in total. The lowest BCUT2D eigenvalue weighted by atomic mass is 10.1. The third-order valence-corrected chi connectivity index (χ3v) is 2.85. The molecule has 0 radical (unpaired) electrons. The van der Waals surface area contributed by atoms with Gasteiger partial charge in [0.1, 0.15) is 0 Å². The van der Waals surface area contributed by atoms with Crippen LogP contribution in [-0.4, -0.2) is 15.7 Å². The minimum atomic E-state index is 0.00759. The van der Waals surface area contributed by atoms with Gasteiger partial charge in [0, 0.05) is 11.9 Å². The molecule has 0 aliphatic carbocycles. The molecule has 1 aliphatic heterocycles. The molecule has 0 atom stereocenters. The van der Waals surface area contributed by atoms with Crippen molar-refractivity contribution >= 4 is 17.3 Å². The SMILES string of the molecule is Cc1ccn(-c2cc3c(cc2N)CC(=O)N3)n1. The maximum Gasteiger partial charge on any atom is 0.228 e. The minimum Gasteiger partial charge on any atom is -0.397 e. The molecule has 0 saturated heterocycles. The molecule has 0 unspecified atom stereocenters. The molecule has 17 heavy (non-hydrogen) atoms. The largest absolute Gasteiger partial charge is 0.397 e. The van der Waals surface area contributed by atoms with Crippen LogP contribution in [0.2, 0.25) is 0 Å². The van der Waals surface area contributed by atoms with Crippen LogP contribution in [0.1, 0.15) is 11.3 Å². The second kappa shape index (κ2) is 3.35. The second-order valence-electron chi connectivity index (χ2n) is 4.19. The lowest BCUT2D eigenvalue weighted by Crippen LogP contribution is -2.04. The van der Waals surface area contributed by atoms with Gasteiger partial charge in [0.2, 0.25) is 5.91 Å². The highest BCUT2D eigenvalue weighted by Gasteiger charge is 2.19. The Morgan fingerprint density at radius 3 is 3.00 bits per heavy atom. The third-order valence-electron chi connectivity index (χ3n) is 2.85. The summed E-state index contributed by atoms with van der Waals surface area (Å²) in [5.74, 6) is 0.00759. The van der Waals surface area contributed by atoms with Gasteiger partial charge in [-0.15, -0.1) is 0 Å². The molecule has 2 heterocycles. The van der Waals surface area contributed by atoms with E-state index < -0.39 is 0 Å². The Morgan fingerprint density at radius 1 is 1.47 bits per heavy atom. The number of carbonyl (C=O) groups excluding carboxylic acids is 1. The average Bonchev–Trinajstić information content (AvgIpc) is 2.82. The smallest absolute Gasteiger partial charge is 0.228 e. The number of fused-ring (bicyclic) bond motifs is 1. The Balaban J connectivity index is 2.13. The summed E-state index contributed by atoms with van der Waals surface area (Å²) in [7, 11) is 0. The molecule has 0 saturated carbocycles. The van der Waals surface area contributed by atoms with Gasteiger partial charge in [0.15, 0.2) is 0 Å². The first kappa shape index (κ1) is 9.89. The fourth-order valence-corrected chi connectivity index (χ4v) is 2.03. The first-order valence-corrected chi connectivity index (χ1v) is 5.38. The number of nitrogen functional groups attached to an aromatic ring is 1. The lowest BCUT2D eigenvalue weighted by molar-refractivity contribution is -0.115. The summed E-state index contributed by atoms with van der Waals surface area (Å²) in [6, 6.07) is 5.60. The summed E-state index contributed by atoms with van der Waals surface area (Å²) in [5.41, 5.74) is 10.1. The van der Waals surface area contributed by atoms with Crippen LogP contribution in [0.15, 0.2) is 24.4 Å². The van der Waals surface area contributed by atoms with E-state index in [1.54, 1.807) is 4.68 Å². The van der Waals surface area contributed by atoms with Crippen LogP contribution >= 0.6 is 0 Å². The predicted octanol–water partition coefficient (Wildman–Crippen LogP) is 1.26. The van der Waals surface area contributed by atoms with Crippen LogP contribution in [-0.2, 0) is 11.2 Å². The quantitative estimate of drug-likeness (QED) is 0.721. The molecule has 3 rings (SSSR count). The van der Waals surface area contributed by atoms with Crippen LogP contribution in [0.4, 0.5) is 11.4 Å². The highest BCUT2D eigenvalue weighted by atomic mass is 16.1. The number of nitrogens with two attached hydrogens (primary N) is 1. The average molecular weight is 228 g/mol. The van der Waals surface area contributed by atoms with Gasteiger partial charge < -0.3 is 11.1 Å². The van der Waals surface area contributed by atoms with Crippen molar-refractivity contribution in [3.63, 3.8) is 0 Å². The molecule has 0 fully saturated rings. The van der Waals surface area contributed by atoms with Crippen molar-refractivity contribution in [2.75, 3.05) is 11.1 Å². The zero-order chi connectivity index (χ0) is 12.0. The van der Waals surface area contributed by atoms with Gasteiger partial charge in [-0.1, -0.05) is 0 Å². The molecule has 1 amide bonds. The van der Waals surface area contributed by atoms with Crippen molar-refractivity contribution < 1.29 is 4.79 Å².